The van der Waals surface area contributed by atoms with E-state index in [9.17, 15) is 0 Å². The molecule has 0 amide bonds. The van der Waals surface area contributed by atoms with Gasteiger partial charge in [-0.2, -0.15) is 4.98 Å². The molecule has 2 aromatic rings. The quantitative estimate of drug-likeness (QED) is 0.897. The third kappa shape index (κ3) is 3.07. The molecule has 2 rings (SSSR count). The van der Waals surface area contributed by atoms with E-state index in [1.165, 1.54) is 5.56 Å². The monoisotopic (exact) mass is 273 g/mol. The molecule has 0 spiro atoms. The molecule has 0 aliphatic heterocycles. The fourth-order valence-electron chi connectivity index (χ4n) is 2.00. The first-order chi connectivity index (χ1) is 9.52. The van der Waals surface area contributed by atoms with Gasteiger partial charge in [-0.1, -0.05) is 63.5 Å². The summed E-state index contributed by atoms with van der Waals surface area (Å²) >= 11 is 0. The zero-order valence-corrected chi connectivity index (χ0v) is 12.6. The summed E-state index contributed by atoms with van der Waals surface area (Å²) in [6.07, 6.45) is 0.988. The van der Waals surface area contributed by atoms with Gasteiger partial charge >= 0.3 is 0 Å². The predicted octanol–water partition coefficient (Wildman–Crippen LogP) is 3.91. The van der Waals surface area contributed by atoms with Crippen molar-refractivity contribution in [1.82, 2.24) is 10.1 Å². The van der Waals surface area contributed by atoms with Crippen LogP contribution in [-0.2, 0) is 0 Å². The molecule has 1 heterocycles. The van der Waals surface area contributed by atoms with E-state index in [-0.39, 0.29) is 6.04 Å². The van der Waals surface area contributed by atoms with Crippen molar-refractivity contribution < 1.29 is 4.52 Å². The molecule has 4 nitrogen and oxygen atoms in total. The molecule has 0 bridgehead atoms. The van der Waals surface area contributed by atoms with Gasteiger partial charge in [0.25, 0.3) is 0 Å². The highest BCUT2D eigenvalue weighted by atomic mass is 16.5. The SMILES string of the molecule is CC[C@H](C)[C@H](N)c1nc(-c2ccc(C(C)C)cc2)no1. The molecular weight excluding hydrogens is 250 g/mol. The maximum atomic E-state index is 6.11. The Kier molecular flexibility index (Phi) is 4.55. The van der Waals surface area contributed by atoms with Crippen LogP contribution in [0.5, 0.6) is 0 Å². The van der Waals surface area contributed by atoms with Crippen molar-refractivity contribution in [2.24, 2.45) is 11.7 Å². The summed E-state index contributed by atoms with van der Waals surface area (Å²) in [6.45, 7) is 8.54. The second-order valence-electron chi connectivity index (χ2n) is 5.64. The Balaban J connectivity index is 2.20. The van der Waals surface area contributed by atoms with Crippen LogP contribution in [0.1, 0.15) is 57.5 Å². The van der Waals surface area contributed by atoms with E-state index >= 15 is 0 Å². The summed E-state index contributed by atoms with van der Waals surface area (Å²) in [5.74, 6) is 1.96. The van der Waals surface area contributed by atoms with Gasteiger partial charge in [-0.05, 0) is 17.4 Å². The number of benzene rings is 1. The Morgan fingerprint density at radius 3 is 2.35 bits per heavy atom. The summed E-state index contributed by atoms with van der Waals surface area (Å²) in [5.41, 5.74) is 8.37. The van der Waals surface area contributed by atoms with Crippen LogP contribution in [0, 0.1) is 5.92 Å². The van der Waals surface area contributed by atoms with E-state index in [1.807, 2.05) is 12.1 Å². The highest BCUT2D eigenvalue weighted by molar-refractivity contribution is 5.54. The molecule has 4 heteroatoms. The first-order valence-corrected chi connectivity index (χ1v) is 7.22. The van der Waals surface area contributed by atoms with Crippen LogP contribution >= 0.6 is 0 Å². The number of nitrogens with zero attached hydrogens (tertiary/aromatic N) is 2. The minimum Gasteiger partial charge on any atom is -0.337 e. The fraction of sp³-hybridized carbons (Fsp3) is 0.500. The Labute approximate surface area is 120 Å². The number of nitrogens with two attached hydrogens (primary N) is 1. The molecule has 2 atom stereocenters. The second-order valence-corrected chi connectivity index (χ2v) is 5.64. The molecule has 2 N–H and O–H groups in total. The third-order valence-corrected chi connectivity index (χ3v) is 3.82. The van der Waals surface area contributed by atoms with Crippen LogP contribution in [-0.4, -0.2) is 10.1 Å². The Morgan fingerprint density at radius 2 is 1.80 bits per heavy atom. The van der Waals surface area contributed by atoms with Crippen molar-refractivity contribution in [1.29, 1.82) is 0 Å². The van der Waals surface area contributed by atoms with Crippen LogP contribution in [0.4, 0.5) is 0 Å². The maximum Gasteiger partial charge on any atom is 0.244 e. The van der Waals surface area contributed by atoms with E-state index in [4.69, 9.17) is 10.3 Å². The lowest BCUT2D eigenvalue weighted by molar-refractivity contribution is 0.312. The minimum absolute atomic E-state index is 0.198. The molecule has 1 aromatic carbocycles. The number of aromatic nitrogens is 2. The summed E-state index contributed by atoms with van der Waals surface area (Å²) < 4.78 is 5.30. The molecule has 0 aliphatic carbocycles. The molecular formula is C16H23N3O. The van der Waals surface area contributed by atoms with Crippen molar-refractivity contribution in [3.05, 3.63) is 35.7 Å². The highest BCUT2D eigenvalue weighted by Gasteiger charge is 2.20. The number of hydrogen-bond donors (Lipinski definition) is 1. The van der Waals surface area contributed by atoms with Gasteiger partial charge in [0.1, 0.15) is 0 Å². The summed E-state index contributed by atoms with van der Waals surface area (Å²) in [5, 5.41) is 4.03. The van der Waals surface area contributed by atoms with Gasteiger partial charge in [-0.15, -0.1) is 0 Å². The first kappa shape index (κ1) is 14.7. The molecule has 0 fully saturated rings. The molecule has 0 radical (unpaired) electrons. The van der Waals surface area contributed by atoms with Crippen LogP contribution < -0.4 is 5.73 Å². The van der Waals surface area contributed by atoms with Gasteiger partial charge in [0, 0.05) is 5.56 Å². The third-order valence-electron chi connectivity index (χ3n) is 3.82. The van der Waals surface area contributed by atoms with Crippen molar-refractivity contribution in [2.75, 3.05) is 0 Å². The zero-order chi connectivity index (χ0) is 14.7. The lowest BCUT2D eigenvalue weighted by atomic mass is 10.00. The van der Waals surface area contributed by atoms with Gasteiger partial charge in [-0.3, -0.25) is 0 Å². The standard InChI is InChI=1S/C16H23N3O/c1-5-11(4)14(17)16-18-15(19-20-16)13-8-6-12(7-9-13)10(2)3/h6-11,14H,5,17H2,1-4H3/t11-,14-/m0/s1. The zero-order valence-electron chi connectivity index (χ0n) is 12.6. The molecule has 0 saturated carbocycles. The Bertz CT molecular complexity index is 545. The van der Waals surface area contributed by atoms with E-state index in [2.05, 4.69) is 50.0 Å². The highest BCUT2D eigenvalue weighted by Crippen LogP contribution is 2.24. The van der Waals surface area contributed by atoms with Crippen molar-refractivity contribution in [3.8, 4) is 11.4 Å². The van der Waals surface area contributed by atoms with Gasteiger partial charge in [0.2, 0.25) is 11.7 Å². The maximum absolute atomic E-state index is 6.11. The first-order valence-electron chi connectivity index (χ1n) is 7.22. The van der Waals surface area contributed by atoms with Crippen LogP contribution in [0.25, 0.3) is 11.4 Å². The van der Waals surface area contributed by atoms with Crippen LogP contribution in [0.2, 0.25) is 0 Å². The van der Waals surface area contributed by atoms with Gasteiger partial charge in [-0.25, -0.2) is 0 Å². The molecule has 0 unspecified atom stereocenters. The Hall–Kier alpha value is -1.68. The second kappa shape index (κ2) is 6.18. The van der Waals surface area contributed by atoms with Gasteiger partial charge < -0.3 is 10.3 Å². The molecule has 0 aliphatic rings. The van der Waals surface area contributed by atoms with E-state index in [0.29, 0.717) is 23.6 Å². The smallest absolute Gasteiger partial charge is 0.244 e. The lowest BCUT2D eigenvalue weighted by Crippen LogP contribution is -2.18. The molecule has 1 aromatic heterocycles. The minimum atomic E-state index is -0.198. The van der Waals surface area contributed by atoms with E-state index in [1.54, 1.807) is 0 Å². The summed E-state index contributed by atoms with van der Waals surface area (Å²) in [4.78, 5) is 4.42. The number of rotatable bonds is 5. The van der Waals surface area contributed by atoms with Crippen molar-refractivity contribution >= 4 is 0 Å². The van der Waals surface area contributed by atoms with Crippen molar-refractivity contribution in [2.45, 2.75) is 46.1 Å². The summed E-state index contributed by atoms with van der Waals surface area (Å²) in [6, 6.07) is 8.06. The topological polar surface area (TPSA) is 64.9 Å². The Morgan fingerprint density at radius 1 is 1.15 bits per heavy atom. The van der Waals surface area contributed by atoms with Gasteiger partial charge in [0.05, 0.1) is 6.04 Å². The molecule has 108 valence electrons. The molecule has 20 heavy (non-hydrogen) atoms. The van der Waals surface area contributed by atoms with Crippen LogP contribution in [0.3, 0.4) is 0 Å². The fourth-order valence-corrected chi connectivity index (χ4v) is 2.00. The van der Waals surface area contributed by atoms with E-state index in [0.717, 1.165) is 12.0 Å². The van der Waals surface area contributed by atoms with Crippen molar-refractivity contribution in [3.63, 3.8) is 0 Å². The van der Waals surface area contributed by atoms with E-state index < -0.39 is 0 Å². The lowest BCUT2D eigenvalue weighted by Gasteiger charge is -2.12. The number of hydrogen-bond acceptors (Lipinski definition) is 4. The summed E-state index contributed by atoms with van der Waals surface area (Å²) in [7, 11) is 0. The average molecular weight is 273 g/mol. The van der Waals surface area contributed by atoms with Gasteiger partial charge in [0.15, 0.2) is 0 Å². The average Bonchev–Trinajstić information content (AvgIpc) is 2.95. The predicted molar refractivity (Wildman–Crippen MR) is 80.2 cm³/mol. The molecule has 0 saturated heterocycles. The largest absolute Gasteiger partial charge is 0.337 e. The normalized spacial score (nSPS) is 14.5. The van der Waals surface area contributed by atoms with Crippen LogP contribution in [0.15, 0.2) is 28.8 Å².